The third-order valence-corrected chi connectivity index (χ3v) is 3.81. The lowest BCUT2D eigenvalue weighted by Crippen LogP contribution is -2.25. The van der Waals surface area contributed by atoms with Crippen LogP contribution in [0.15, 0.2) is 6.08 Å². The second kappa shape index (κ2) is 6.98. The van der Waals surface area contributed by atoms with E-state index in [1.807, 2.05) is 0 Å². The van der Waals surface area contributed by atoms with Gasteiger partial charge in [0, 0.05) is 20.2 Å². The molecule has 19 heavy (non-hydrogen) atoms. The zero-order valence-electron chi connectivity index (χ0n) is 11.8. The number of nitrogens with zero attached hydrogens (tertiary/aromatic N) is 3. The van der Waals surface area contributed by atoms with E-state index < -0.39 is 0 Å². The van der Waals surface area contributed by atoms with Gasteiger partial charge in [-0.05, 0) is 25.5 Å². The standard InChI is InChI=1S/C13H21N3O2S/c1-4-11(17-3)9-18-13-12(14-19-15-13)10-6-5-7-16(2)8-10/h6,11H,4-5,7-9H2,1-3H3. The summed E-state index contributed by atoms with van der Waals surface area (Å²) in [6.45, 7) is 4.60. The highest BCUT2D eigenvalue weighted by molar-refractivity contribution is 6.99. The minimum Gasteiger partial charge on any atom is -0.473 e. The predicted octanol–water partition coefficient (Wildman–Crippen LogP) is 2.06. The predicted molar refractivity (Wildman–Crippen MR) is 76.6 cm³/mol. The number of methoxy groups -OCH3 is 1. The minimum atomic E-state index is 0.109. The molecule has 0 saturated carbocycles. The van der Waals surface area contributed by atoms with E-state index in [0.29, 0.717) is 12.5 Å². The SMILES string of the molecule is CCC(COc1nsnc1C1=CCCN(C)C1)OC. The first-order valence-corrected chi connectivity index (χ1v) is 7.33. The lowest BCUT2D eigenvalue weighted by molar-refractivity contribution is 0.0542. The molecular formula is C13H21N3O2S. The van der Waals surface area contributed by atoms with Crippen molar-refractivity contribution in [2.45, 2.75) is 25.9 Å². The third kappa shape index (κ3) is 3.75. The van der Waals surface area contributed by atoms with Gasteiger partial charge in [0.25, 0.3) is 5.88 Å². The van der Waals surface area contributed by atoms with Crippen molar-refractivity contribution in [2.24, 2.45) is 0 Å². The molecule has 0 bridgehead atoms. The van der Waals surface area contributed by atoms with Crippen LogP contribution in [0.1, 0.15) is 25.5 Å². The van der Waals surface area contributed by atoms with Crippen LogP contribution in [0.25, 0.3) is 5.57 Å². The minimum absolute atomic E-state index is 0.109. The molecule has 1 atom stereocenters. The van der Waals surface area contributed by atoms with Crippen molar-refractivity contribution in [1.82, 2.24) is 13.6 Å². The Hall–Kier alpha value is -0.980. The van der Waals surface area contributed by atoms with E-state index in [4.69, 9.17) is 9.47 Å². The summed E-state index contributed by atoms with van der Waals surface area (Å²) in [7, 11) is 3.82. The highest BCUT2D eigenvalue weighted by Crippen LogP contribution is 2.27. The largest absolute Gasteiger partial charge is 0.473 e. The van der Waals surface area contributed by atoms with Crippen molar-refractivity contribution in [3.63, 3.8) is 0 Å². The summed E-state index contributed by atoms with van der Waals surface area (Å²) in [5.74, 6) is 0.641. The van der Waals surface area contributed by atoms with Crippen LogP contribution in [0.3, 0.4) is 0 Å². The highest BCUT2D eigenvalue weighted by Gasteiger charge is 2.19. The number of ether oxygens (including phenoxy) is 2. The van der Waals surface area contributed by atoms with Crippen LogP contribution in [0.4, 0.5) is 0 Å². The van der Waals surface area contributed by atoms with Gasteiger partial charge in [0.2, 0.25) is 0 Å². The van der Waals surface area contributed by atoms with Crippen molar-refractivity contribution in [3.8, 4) is 5.88 Å². The molecule has 0 radical (unpaired) electrons. The van der Waals surface area contributed by atoms with Crippen LogP contribution in [-0.4, -0.2) is 53.6 Å². The van der Waals surface area contributed by atoms with Crippen LogP contribution < -0.4 is 4.74 Å². The average Bonchev–Trinajstić information content (AvgIpc) is 2.88. The fourth-order valence-corrected chi connectivity index (χ4v) is 2.59. The van der Waals surface area contributed by atoms with E-state index in [2.05, 4.69) is 33.7 Å². The molecule has 1 aromatic heterocycles. The molecule has 106 valence electrons. The van der Waals surface area contributed by atoms with E-state index in [-0.39, 0.29) is 6.10 Å². The smallest absolute Gasteiger partial charge is 0.253 e. The number of rotatable bonds is 6. The molecule has 0 spiro atoms. The summed E-state index contributed by atoms with van der Waals surface area (Å²) < 4.78 is 19.7. The first kappa shape index (κ1) is 14.4. The molecule has 0 amide bonds. The monoisotopic (exact) mass is 283 g/mol. The molecule has 5 nitrogen and oxygen atoms in total. The van der Waals surface area contributed by atoms with Crippen molar-refractivity contribution < 1.29 is 9.47 Å². The van der Waals surface area contributed by atoms with Gasteiger partial charge in [-0.1, -0.05) is 13.0 Å². The number of likely N-dealkylation sites (N-methyl/N-ethyl adjacent to an activating group) is 1. The Balaban J connectivity index is 2.03. The topological polar surface area (TPSA) is 47.5 Å². The maximum Gasteiger partial charge on any atom is 0.253 e. The quantitative estimate of drug-likeness (QED) is 0.800. The Kier molecular flexibility index (Phi) is 5.30. The summed E-state index contributed by atoms with van der Waals surface area (Å²) in [6.07, 6.45) is 4.32. The van der Waals surface area contributed by atoms with Crippen LogP contribution >= 0.6 is 11.7 Å². The number of hydrogen-bond donors (Lipinski definition) is 0. The molecule has 0 aliphatic carbocycles. The normalized spacial score (nSPS) is 18.2. The number of aromatic nitrogens is 2. The molecule has 0 fully saturated rings. The molecule has 0 N–H and O–H groups in total. The number of hydrogen-bond acceptors (Lipinski definition) is 6. The Morgan fingerprint density at radius 1 is 1.47 bits per heavy atom. The second-order valence-corrected chi connectivity index (χ2v) is 5.28. The lowest BCUT2D eigenvalue weighted by Gasteiger charge is -2.22. The zero-order chi connectivity index (χ0) is 13.7. The maximum atomic E-state index is 5.76. The van der Waals surface area contributed by atoms with Gasteiger partial charge in [0.05, 0.1) is 17.8 Å². The van der Waals surface area contributed by atoms with E-state index in [1.54, 1.807) is 7.11 Å². The van der Waals surface area contributed by atoms with Crippen LogP contribution in [0.2, 0.25) is 0 Å². The molecular weight excluding hydrogens is 262 g/mol. The Labute approximate surface area is 118 Å². The maximum absolute atomic E-state index is 5.76. The van der Waals surface area contributed by atoms with Crippen LogP contribution in [-0.2, 0) is 4.74 Å². The Bertz CT molecular complexity index is 429. The van der Waals surface area contributed by atoms with Gasteiger partial charge >= 0.3 is 0 Å². The first-order chi connectivity index (χ1) is 9.24. The molecule has 1 unspecified atom stereocenters. The fraction of sp³-hybridized carbons (Fsp3) is 0.692. The molecule has 1 aliphatic heterocycles. The summed E-state index contributed by atoms with van der Waals surface area (Å²) in [4.78, 5) is 2.28. The van der Waals surface area contributed by atoms with Crippen molar-refractivity contribution in [1.29, 1.82) is 0 Å². The summed E-state index contributed by atoms with van der Waals surface area (Å²) in [5, 5.41) is 0. The average molecular weight is 283 g/mol. The van der Waals surface area contributed by atoms with E-state index >= 15 is 0 Å². The highest BCUT2D eigenvalue weighted by atomic mass is 32.1. The van der Waals surface area contributed by atoms with Gasteiger partial charge in [-0.3, -0.25) is 0 Å². The molecule has 6 heteroatoms. The molecule has 0 aromatic carbocycles. The van der Waals surface area contributed by atoms with Gasteiger partial charge in [-0.25, -0.2) is 0 Å². The molecule has 0 saturated heterocycles. The van der Waals surface area contributed by atoms with Crippen LogP contribution in [0, 0.1) is 0 Å². The summed E-state index contributed by atoms with van der Waals surface area (Å²) in [6, 6.07) is 0. The van der Waals surface area contributed by atoms with Gasteiger partial charge in [0.15, 0.2) is 0 Å². The van der Waals surface area contributed by atoms with Gasteiger partial charge < -0.3 is 14.4 Å². The van der Waals surface area contributed by atoms with Crippen molar-refractivity contribution in [2.75, 3.05) is 33.9 Å². The Morgan fingerprint density at radius 2 is 2.32 bits per heavy atom. The fourth-order valence-electron chi connectivity index (χ4n) is 2.06. The molecule has 2 rings (SSSR count). The molecule has 1 aliphatic rings. The summed E-state index contributed by atoms with van der Waals surface area (Å²) >= 11 is 1.20. The van der Waals surface area contributed by atoms with Crippen LogP contribution in [0.5, 0.6) is 5.88 Å². The molecule has 2 heterocycles. The Morgan fingerprint density at radius 3 is 3.00 bits per heavy atom. The van der Waals surface area contributed by atoms with E-state index in [1.165, 1.54) is 17.3 Å². The zero-order valence-corrected chi connectivity index (χ0v) is 12.6. The van der Waals surface area contributed by atoms with E-state index in [0.717, 1.165) is 31.6 Å². The van der Waals surface area contributed by atoms with Crippen molar-refractivity contribution in [3.05, 3.63) is 11.8 Å². The third-order valence-electron chi connectivity index (χ3n) is 3.30. The van der Waals surface area contributed by atoms with Gasteiger partial charge in [-0.15, -0.1) is 4.37 Å². The van der Waals surface area contributed by atoms with Crippen molar-refractivity contribution >= 4 is 17.3 Å². The van der Waals surface area contributed by atoms with E-state index in [9.17, 15) is 0 Å². The van der Waals surface area contributed by atoms with Gasteiger partial charge in [-0.2, -0.15) is 4.37 Å². The second-order valence-electron chi connectivity index (χ2n) is 4.75. The molecule has 1 aromatic rings. The lowest BCUT2D eigenvalue weighted by atomic mass is 10.1. The summed E-state index contributed by atoms with van der Waals surface area (Å²) in [5.41, 5.74) is 2.10. The first-order valence-electron chi connectivity index (χ1n) is 6.60. The van der Waals surface area contributed by atoms with Gasteiger partial charge in [0.1, 0.15) is 12.3 Å².